The molecule has 10 heteroatoms. The van der Waals surface area contributed by atoms with E-state index in [1.807, 2.05) is 19.1 Å². The van der Waals surface area contributed by atoms with E-state index >= 15 is 0 Å². The van der Waals surface area contributed by atoms with Crippen LogP contribution in [0.4, 0.5) is 0 Å². The van der Waals surface area contributed by atoms with Gasteiger partial charge in [0, 0.05) is 6.20 Å². The van der Waals surface area contributed by atoms with Gasteiger partial charge in [-0.05, 0) is 42.8 Å². The van der Waals surface area contributed by atoms with Crippen molar-refractivity contribution in [1.29, 1.82) is 0 Å². The maximum atomic E-state index is 13.2. The second-order valence-electron chi connectivity index (χ2n) is 6.64. The second kappa shape index (κ2) is 8.32. The molecule has 0 bridgehead atoms. The molecule has 3 heterocycles. The number of amides is 1. The summed E-state index contributed by atoms with van der Waals surface area (Å²) >= 11 is 6.05. The highest BCUT2D eigenvalue weighted by Crippen LogP contribution is 2.34. The first-order valence-corrected chi connectivity index (χ1v) is 10.3. The Balaban J connectivity index is 1.84. The van der Waals surface area contributed by atoms with Crippen LogP contribution in [0.2, 0.25) is 0 Å². The molecule has 0 atom stereocenters. The fourth-order valence-corrected chi connectivity index (χ4v) is 4.21. The van der Waals surface area contributed by atoms with Crippen LogP contribution in [0, 0.1) is 6.92 Å². The second-order valence-corrected chi connectivity index (χ2v) is 8.32. The fraction of sp³-hybridized carbons (Fsp3) is 0.0952. The molecule has 2 aromatic heterocycles. The Labute approximate surface area is 185 Å². The molecule has 1 amide bonds. The number of fused-ring (bicyclic) bond motifs is 1. The van der Waals surface area contributed by atoms with Crippen LogP contribution in [0.3, 0.4) is 0 Å². The number of hydrogen-bond acceptors (Lipinski definition) is 7. The molecule has 1 N–H and O–H groups in total. The van der Waals surface area contributed by atoms with Gasteiger partial charge in [0.05, 0.1) is 4.91 Å². The van der Waals surface area contributed by atoms with Crippen molar-refractivity contribution in [3.8, 4) is 11.6 Å². The minimum absolute atomic E-state index is 0.0327. The summed E-state index contributed by atoms with van der Waals surface area (Å²) in [7, 11) is 0. The number of carboxylic acid groups (broad SMARTS) is 1. The molecule has 0 aliphatic carbocycles. The van der Waals surface area contributed by atoms with Crippen molar-refractivity contribution in [3.63, 3.8) is 0 Å². The smallest absolute Gasteiger partial charge is 0.323 e. The summed E-state index contributed by atoms with van der Waals surface area (Å²) in [5.74, 6) is -1.25. The molecule has 31 heavy (non-hydrogen) atoms. The molecule has 0 unspecified atom stereocenters. The number of benzene rings is 1. The minimum atomic E-state index is -1.19. The number of pyridine rings is 1. The number of aromatic nitrogens is 2. The molecule has 0 radical (unpaired) electrons. The predicted octanol–water partition coefficient (Wildman–Crippen LogP) is 3.08. The number of carbonyl (C=O) groups excluding carboxylic acids is 1. The Bertz CT molecular complexity index is 1330. The van der Waals surface area contributed by atoms with Crippen molar-refractivity contribution in [2.45, 2.75) is 6.92 Å². The quantitative estimate of drug-likeness (QED) is 0.465. The van der Waals surface area contributed by atoms with Crippen LogP contribution in [0.25, 0.3) is 11.7 Å². The van der Waals surface area contributed by atoms with Crippen LogP contribution < -0.4 is 10.3 Å². The summed E-state index contributed by atoms with van der Waals surface area (Å²) in [5, 5.41) is 9.01. The average molecular weight is 454 g/mol. The Hall–Kier alpha value is -3.50. The molecule has 1 saturated heterocycles. The van der Waals surface area contributed by atoms with E-state index < -0.39 is 24.0 Å². The lowest BCUT2D eigenvalue weighted by molar-refractivity contribution is -0.140. The maximum absolute atomic E-state index is 13.2. The van der Waals surface area contributed by atoms with E-state index in [-0.39, 0.29) is 20.7 Å². The summed E-state index contributed by atoms with van der Waals surface area (Å²) in [6, 6.07) is 12.4. The highest BCUT2D eigenvalue weighted by atomic mass is 32.2. The van der Waals surface area contributed by atoms with Crippen LogP contribution in [0.1, 0.15) is 11.1 Å². The number of thiocarbonyl (C=S) groups is 1. The van der Waals surface area contributed by atoms with Gasteiger partial charge in [-0.1, -0.05) is 42.2 Å². The van der Waals surface area contributed by atoms with E-state index in [1.54, 1.807) is 36.5 Å². The Morgan fingerprint density at radius 1 is 1.26 bits per heavy atom. The van der Waals surface area contributed by atoms with Gasteiger partial charge < -0.3 is 9.84 Å². The highest BCUT2D eigenvalue weighted by Gasteiger charge is 2.34. The molecule has 4 rings (SSSR count). The lowest BCUT2D eigenvalue weighted by Gasteiger charge is -2.11. The Morgan fingerprint density at radius 3 is 2.81 bits per heavy atom. The third-order valence-corrected chi connectivity index (χ3v) is 5.76. The van der Waals surface area contributed by atoms with E-state index in [4.69, 9.17) is 22.1 Å². The van der Waals surface area contributed by atoms with Crippen molar-refractivity contribution in [3.05, 3.63) is 75.0 Å². The van der Waals surface area contributed by atoms with Gasteiger partial charge in [-0.25, -0.2) is 0 Å². The molecule has 1 aliphatic heterocycles. The Kier molecular flexibility index (Phi) is 5.57. The largest absolute Gasteiger partial charge is 0.480 e. The molecule has 8 nitrogen and oxygen atoms in total. The number of carbonyl (C=O) groups is 2. The summed E-state index contributed by atoms with van der Waals surface area (Å²) in [6.45, 7) is 1.36. The zero-order chi connectivity index (χ0) is 22.1. The zero-order valence-corrected chi connectivity index (χ0v) is 17.8. The number of rotatable bonds is 5. The van der Waals surface area contributed by atoms with Gasteiger partial charge in [0.1, 0.15) is 27.8 Å². The third-order valence-electron chi connectivity index (χ3n) is 4.38. The lowest BCUT2D eigenvalue weighted by Crippen LogP contribution is -2.33. The molecule has 156 valence electrons. The fourth-order valence-electron chi connectivity index (χ4n) is 2.98. The van der Waals surface area contributed by atoms with Gasteiger partial charge in [0.2, 0.25) is 5.88 Å². The first-order chi connectivity index (χ1) is 14.8. The molecular weight excluding hydrogens is 438 g/mol. The Morgan fingerprint density at radius 2 is 2.06 bits per heavy atom. The van der Waals surface area contributed by atoms with Crippen molar-refractivity contribution < 1.29 is 19.4 Å². The number of aryl methyl sites for hydroxylation is 1. The average Bonchev–Trinajstić information content (AvgIpc) is 2.98. The predicted molar refractivity (Wildman–Crippen MR) is 120 cm³/mol. The van der Waals surface area contributed by atoms with Crippen molar-refractivity contribution in [2.24, 2.45) is 0 Å². The number of hydrogen-bond donors (Lipinski definition) is 1. The molecule has 1 aromatic carbocycles. The minimum Gasteiger partial charge on any atom is -0.480 e. The summed E-state index contributed by atoms with van der Waals surface area (Å²) in [5.41, 5.74) is 0.967. The third kappa shape index (κ3) is 4.21. The summed E-state index contributed by atoms with van der Waals surface area (Å²) < 4.78 is 7.36. The van der Waals surface area contributed by atoms with E-state index in [2.05, 4.69) is 4.98 Å². The number of aliphatic carboxylic acids is 1. The van der Waals surface area contributed by atoms with E-state index in [0.29, 0.717) is 11.4 Å². The van der Waals surface area contributed by atoms with Gasteiger partial charge in [0.25, 0.3) is 11.5 Å². The SMILES string of the molecule is Cc1cccc(Oc2nc3ccccn3c(=O)c2/C=C2\SC(=S)N(CC(=O)O)C2=O)c1. The molecule has 3 aromatic rings. The first kappa shape index (κ1) is 20.8. The monoisotopic (exact) mass is 453 g/mol. The van der Waals surface area contributed by atoms with Gasteiger partial charge >= 0.3 is 5.97 Å². The molecule has 0 spiro atoms. The van der Waals surface area contributed by atoms with Crippen LogP contribution in [-0.2, 0) is 9.59 Å². The van der Waals surface area contributed by atoms with E-state index in [0.717, 1.165) is 22.2 Å². The standard InChI is InChI=1S/C21H15N3O5S2/c1-12-5-4-6-13(9-12)29-18-14(19(27)23-8-3-2-7-16(23)22-18)10-15-20(28)24(11-17(25)26)21(30)31-15/h2-10H,11H2,1H3,(H,25,26)/b15-10-. The van der Waals surface area contributed by atoms with Crippen molar-refractivity contribution in [2.75, 3.05) is 6.54 Å². The summed E-state index contributed by atoms with van der Waals surface area (Å²) in [4.78, 5) is 42.4. The van der Waals surface area contributed by atoms with Crippen LogP contribution in [-0.4, -0.2) is 42.1 Å². The van der Waals surface area contributed by atoms with Gasteiger partial charge in [-0.2, -0.15) is 4.98 Å². The molecule has 0 saturated carbocycles. The number of ether oxygens (including phenoxy) is 1. The van der Waals surface area contributed by atoms with Crippen LogP contribution >= 0.6 is 24.0 Å². The van der Waals surface area contributed by atoms with Gasteiger partial charge in [-0.3, -0.25) is 23.7 Å². The van der Waals surface area contributed by atoms with Crippen LogP contribution in [0.5, 0.6) is 11.6 Å². The maximum Gasteiger partial charge on any atom is 0.323 e. The number of carboxylic acids is 1. The van der Waals surface area contributed by atoms with Crippen molar-refractivity contribution >= 4 is 51.9 Å². The van der Waals surface area contributed by atoms with Crippen LogP contribution in [0.15, 0.2) is 58.4 Å². The number of thioether (sulfide) groups is 1. The summed E-state index contributed by atoms with van der Waals surface area (Å²) in [6.07, 6.45) is 2.91. The topological polar surface area (TPSA) is 101 Å². The zero-order valence-electron chi connectivity index (χ0n) is 16.1. The molecular formula is C21H15N3O5S2. The molecule has 1 aliphatic rings. The van der Waals surface area contributed by atoms with Crippen molar-refractivity contribution in [1.82, 2.24) is 14.3 Å². The normalized spacial score (nSPS) is 15.1. The lowest BCUT2D eigenvalue weighted by atomic mass is 10.2. The first-order valence-electron chi connectivity index (χ1n) is 9.06. The van der Waals surface area contributed by atoms with Gasteiger partial charge in [-0.15, -0.1) is 0 Å². The van der Waals surface area contributed by atoms with E-state index in [1.165, 1.54) is 10.5 Å². The molecule has 1 fully saturated rings. The van der Waals surface area contributed by atoms with Gasteiger partial charge in [0.15, 0.2) is 0 Å². The number of nitrogens with zero attached hydrogens (tertiary/aromatic N) is 3. The highest BCUT2D eigenvalue weighted by molar-refractivity contribution is 8.26. The van der Waals surface area contributed by atoms with E-state index in [9.17, 15) is 14.4 Å².